The number of carbonyl (C=O) groups is 1. The third-order valence-corrected chi connectivity index (χ3v) is 8.31. The van der Waals surface area contributed by atoms with Crippen molar-refractivity contribution in [1.29, 1.82) is 0 Å². The van der Waals surface area contributed by atoms with Gasteiger partial charge in [-0.15, -0.1) is 0 Å². The van der Waals surface area contributed by atoms with Crippen molar-refractivity contribution in [3.05, 3.63) is 59.7 Å². The average Bonchev–Trinajstić information content (AvgIpc) is 3.09. The van der Waals surface area contributed by atoms with Crippen LogP contribution in [-0.4, -0.2) is 37.8 Å². The van der Waals surface area contributed by atoms with E-state index < -0.39 is 10.0 Å². The zero-order valence-corrected chi connectivity index (χ0v) is 18.6. The van der Waals surface area contributed by atoms with E-state index in [9.17, 15) is 13.2 Å². The Kier molecular flexibility index (Phi) is 5.98. The molecule has 5 nitrogen and oxygen atoms in total. The Bertz CT molecular complexity index is 1010. The molecular formula is C24H30N2O3S. The number of piperidine rings is 1. The largest absolute Gasteiger partial charge is 0.309 e. The summed E-state index contributed by atoms with van der Waals surface area (Å²) < 4.78 is 28.1. The third kappa shape index (κ3) is 4.03. The molecule has 0 N–H and O–H groups in total. The minimum absolute atomic E-state index is 0.0686. The van der Waals surface area contributed by atoms with Crippen molar-refractivity contribution in [2.75, 3.05) is 18.0 Å². The Balaban J connectivity index is 1.46. The van der Waals surface area contributed by atoms with Gasteiger partial charge in [-0.2, -0.15) is 4.31 Å². The number of nitrogens with zero attached hydrogens (tertiary/aromatic N) is 2. The van der Waals surface area contributed by atoms with Crippen molar-refractivity contribution >= 4 is 21.6 Å². The van der Waals surface area contributed by atoms with Crippen LogP contribution in [0.4, 0.5) is 5.69 Å². The zero-order chi connectivity index (χ0) is 21.3. The molecule has 0 aliphatic carbocycles. The highest BCUT2D eigenvalue weighted by Crippen LogP contribution is 2.35. The van der Waals surface area contributed by atoms with E-state index in [0.717, 1.165) is 30.5 Å². The van der Waals surface area contributed by atoms with E-state index in [2.05, 4.69) is 24.3 Å². The topological polar surface area (TPSA) is 57.7 Å². The molecule has 0 unspecified atom stereocenters. The first-order valence-electron chi connectivity index (χ1n) is 10.9. The van der Waals surface area contributed by atoms with Gasteiger partial charge in [0.2, 0.25) is 15.9 Å². The number of sulfonamides is 1. The highest BCUT2D eigenvalue weighted by molar-refractivity contribution is 7.89. The van der Waals surface area contributed by atoms with Gasteiger partial charge in [-0.25, -0.2) is 8.42 Å². The second-order valence-electron chi connectivity index (χ2n) is 8.50. The highest BCUT2D eigenvalue weighted by Gasteiger charge is 2.33. The summed E-state index contributed by atoms with van der Waals surface area (Å²) >= 11 is 0. The van der Waals surface area contributed by atoms with Crippen LogP contribution in [0, 0.1) is 5.92 Å². The smallest absolute Gasteiger partial charge is 0.243 e. The molecule has 2 aromatic carbocycles. The Morgan fingerprint density at radius 1 is 1.07 bits per heavy atom. The third-order valence-electron chi connectivity index (χ3n) is 6.42. The van der Waals surface area contributed by atoms with E-state index >= 15 is 0 Å². The lowest BCUT2D eigenvalue weighted by Crippen LogP contribution is -2.38. The van der Waals surface area contributed by atoms with Gasteiger partial charge in [0.25, 0.3) is 0 Å². The minimum Gasteiger partial charge on any atom is -0.309 e. The maximum atomic E-state index is 13.3. The molecule has 1 amide bonds. The molecule has 2 heterocycles. The molecule has 2 aromatic rings. The number of carbonyl (C=O) groups excluding carboxylic acids is 1. The Labute approximate surface area is 179 Å². The fourth-order valence-corrected chi connectivity index (χ4v) is 6.29. The van der Waals surface area contributed by atoms with Gasteiger partial charge in [0.05, 0.1) is 4.90 Å². The van der Waals surface area contributed by atoms with Crippen molar-refractivity contribution in [1.82, 2.24) is 4.31 Å². The molecule has 1 fully saturated rings. The molecule has 0 bridgehead atoms. The quantitative estimate of drug-likeness (QED) is 0.726. The van der Waals surface area contributed by atoms with Crippen molar-refractivity contribution in [3.8, 4) is 0 Å². The number of hydrogen-bond donors (Lipinski definition) is 0. The molecular weight excluding hydrogens is 396 g/mol. The van der Waals surface area contributed by atoms with Gasteiger partial charge in [0.1, 0.15) is 0 Å². The molecule has 6 heteroatoms. The Hall–Kier alpha value is -2.18. The van der Waals surface area contributed by atoms with Gasteiger partial charge >= 0.3 is 0 Å². The number of rotatable bonds is 5. The highest BCUT2D eigenvalue weighted by atomic mass is 32.2. The summed E-state index contributed by atoms with van der Waals surface area (Å²) in [5.41, 5.74) is 3.12. The monoisotopic (exact) mass is 426 g/mol. The van der Waals surface area contributed by atoms with Gasteiger partial charge in [-0.3, -0.25) is 4.79 Å². The first-order valence-corrected chi connectivity index (χ1v) is 12.3. The van der Waals surface area contributed by atoms with E-state index in [-0.39, 0.29) is 11.9 Å². The number of hydrogen-bond acceptors (Lipinski definition) is 3. The molecule has 0 aromatic heterocycles. The van der Waals surface area contributed by atoms with Crippen LogP contribution in [0.3, 0.4) is 0 Å². The predicted octanol–water partition coefficient (Wildman–Crippen LogP) is 4.02. The summed E-state index contributed by atoms with van der Waals surface area (Å²) in [5.74, 6) is 0.602. The average molecular weight is 427 g/mol. The van der Waals surface area contributed by atoms with Crippen LogP contribution in [0.5, 0.6) is 0 Å². The number of anilines is 1. The molecule has 2 aliphatic heterocycles. The minimum atomic E-state index is -3.51. The Morgan fingerprint density at radius 2 is 1.77 bits per heavy atom. The molecule has 160 valence electrons. The van der Waals surface area contributed by atoms with Crippen molar-refractivity contribution in [2.45, 2.75) is 56.9 Å². The molecule has 1 saturated heterocycles. The van der Waals surface area contributed by atoms with Crippen LogP contribution in [-0.2, 0) is 27.7 Å². The molecule has 0 saturated carbocycles. The van der Waals surface area contributed by atoms with Crippen LogP contribution in [0.1, 0.15) is 44.2 Å². The fraction of sp³-hybridized carbons (Fsp3) is 0.458. The molecule has 30 heavy (non-hydrogen) atoms. The van der Waals surface area contributed by atoms with E-state index in [1.165, 1.54) is 5.56 Å². The molecule has 1 atom stereocenters. The predicted molar refractivity (Wildman–Crippen MR) is 119 cm³/mol. The lowest BCUT2D eigenvalue weighted by Gasteiger charge is -2.31. The van der Waals surface area contributed by atoms with E-state index in [1.807, 2.05) is 19.9 Å². The lowest BCUT2D eigenvalue weighted by molar-refractivity contribution is -0.118. The maximum Gasteiger partial charge on any atom is 0.243 e. The van der Waals surface area contributed by atoms with Crippen LogP contribution in [0.25, 0.3) is 0 Å². The summed E-state index contributed by atoms with van der Waals surface area (Å²) in [7, 11) is -3.51. The van der Waals surface area contributed by atoms with E-state index in [1.54, 1.807) is 27.4 Å². The van der Waals surface area contributed by atoms with Crippen molar-refractivity contribution in [3.63, 3.8) is 0 Å². The van der Waals surface area contributed by atoms with Gasteiger partial charge < -0.3 is 4.90 Å². The van der Waals surface area contributed by atoms with Crippen LogP contribution < -0.4 is 4.90 Å². The van der Waals surface area contributed by atoms with E-state index in [4.69, 9.17) is 0 Å². The summed E-state index contributed by atoms with van der Waals surface area (Å²) in [6.45, 7) is 4.99. The molecule has 0 spiro atoms. The first kappa shape index (κ1) is 21.1. The second kappa shape index (κ2) is 8.52. The van der Waals surface area contributed by atoms with Crippen molar-refractivity contribution in [2.24, 2.45) is 5.92 Å². The van der Waals surface area contributed by atoms with Gasteiger partial charge in [-0.05, 0) is 67.9 Å². The maximum absolute atomic E-state index is 13.3. The fourth-order valence-electron chi connectivity index (χ4n) is 4.77. The number of amides is 1. The molecule has 4 rings (SSSR count). The van der Waals surface area contributed by atoms with E-state index in [0.29, 0.717) is 36.7 Å². The summed E-state index contributed by atoms with van der Waals surface area (Å²) in [6.07, 6.45) is 3.92. The standard InChI is InChI=1S/C24H30N2O3S/c1-3-24(27)26-18(2)15-21-17-22(9-10-23(21)26)30(28,29)25-13-11-20(12-14-25)16-19-7-5-4-6-8-19/h4-10,17-18,20H,3,11-16H2,1-2H3/t18-/m0/s1. The Morgan fingerprint density at radius 3 is 2.43 bits per heavy atom. The molecule has 0 radical (unpaired) electrons. The summed E-state index contributed by atoms with van der Waals surface area (Å²) in [4.78, 5) is 14.4. The number of fused-ring (bicyclic) bond motifs is 1. The normalized spacial score (nSPS) is 20.3. The lowest BCUT2D eigenvalue weighted by atomic mass is 9.91. The summed E-state index contributed by atoms with van der Waals surface area (Å²) in [5, 5.41) is 0. The van der Waals surface area contributed by atoms with Gasteiger partial charge in [-0.1, -0.05) is 37.3 Å². The molecule has 2 aliphatic rings. The van der Waals surface area contributed by atoms with Gasteiger partial charge in [0, 0.05) is 31.2 Å². The number of benzene rings is 2. The second-order valence-corrected chi connectivity index (χ2v) is 10.4. The van der Waals surface area contributed by atoms with Crippen LogP contribution in [0.2, 0.25) is 0 Å². The van der Waals surface area contributed by atoms with Gasteiger partial charge in [0.15, 0.2) is 0 Å². The zero-order valence-electron chi connectivity index (χ0n) is 17.8. The van der Waals surface area contributed by atoms with Crippen LogP contribution in [0.15, 0.2) is 53.4 Å². The first-order chi connectivity index (χ1) is 14.4. The van der Waals surface area contributed by atoms with Crippen molar-refractivity contribution < 1.29 is 13.2 Å². The SMILES string of the molecule is CCC(=O)N1c2ccc(S(=O)(=O)N3CCC(Cc4ccccc4)CC3)cc2C[C@@H]1C. The van der Waals surface area contributed by atoms with Crippen LogP contribution >= 0.6 is 0 Å². The summed E-state index contributed by atoms with van der Waals surface area (Å²) in [6, 6.07) is 15.7.